The molecule has 0 saturated carbocycles. The fourth-order valence-electron chi connectivity index (χ4n) is 2.79. The lowest BCUT2D eigenvalue weighted by atomic mass is 10.1. The van der Waals surface area contributed by atoms with Crippen molar-refractivity contribution in [2.24, 2.45) is 0 Å². The smallest absolute Gasteiger partial charge is 0.282 e. The van der Waals surface area contributed by atoms with Gasteiger partial charge in [0.05, 0.1) is 13.7 Å². The number of hydrogen-bond donors (Lipinski definition) is 2. The summed E-state index contributed by atoms with van der Waals surface area (Å²) in [5.41, 5.74) is 1.87. The van der Waals surface area contributed by atoms with Crippen LogP contribution >= 0.6 is 0 Å². The van der Waals surface area contributed by atoms with Crippen LogP contribution in [0, 0.1) is 0 Å². The molecule has 0 bridgehead atoms. The Labute approximate surface area is 153 Å². The van der Waals surface area contributed by atoms with Crippen molar-refractivity contribution in [3.63, 3.8) is 0 Å². The molecule has 0 saturated heterocycles. The summed E-state index contributed by atoms with van der Waals surface area (Å²) in [6, 6.07) is 13.2. The van der Waals surface area contributed by atoms with Gasteiger partial charge in [0.25, 0.3) is 5.91 Å². The van der Waals surface area contributed by atoms with Crippen LogP contribution in [0.1, 0.15) is 19.4 Å². The minimum absolute atomic E-state index is 0.0349. The topological polar surface area (TPSA) is 61.2 Å². The normalized spacial score (nSPS) is 14.6. The van der Waals surface area contributed by atoms with Gasteiger partial charge in [-0.15, -0.1) is 0 Å². The molecular weight excluding hydrogens is 332 g/mol. The molecule has 2 aromatic carbocycles. The van der Waals surface area contributed by atoms with E-state index in [-0.39, 0.29) is 18.7 Å². The van der Waals surface area contributed by atoms with Crippen molar-refractivity contribution in [2.45, 2.75) is 26.4 Å². The van der Waals surface area contributed by atoms with Crippen LogP contribution in [0.25, 0.3) is 0 Å². The number of likely N-dealkylation sites (N-methyl/N-ethyl adjacent to an activating group) is 1. The van der Waals surface area contributed by atoms with E-state index in [0.29, 0.717) is 23.8 Å². The van der Waals surface area contributed by atoms with E-state index in [0.717, 1.165) is 22.8 Å². The summed E-state index contributed by atoms with van der Waals surface area (Å²) in [5, 5.41) is 2.95. The summed E-state index contributed by atoms with van der Waals surface area (Å²) < 4.78 is 16.1. The van der Waals surface area contributed by atoms with Crippen LogP contribution in [0.15, 0.2) is 42.5 Å². The van der Waals surface area contributed by atoms with Gasteiger partial charge in [0, 0.05) is 17.3 Å². The molecule has 1 heterocycles. The highest BCUT2D eigenvalue weighted by Crippen LogP contribution is 2.34. The summed E-state index contributed by atoms with van der Waals surface area (Å²) in [6.45, 7) is 5.51. The molecule has 0 spiro atoms. The van der Waals surface area contributed by atoms with E-state index in [1.807, 2.05) is 51.2 Å². The van der Waals surface area contributed by atoms with Gasteiger partial charge in [0.15, 0.2) is 17.5 Å². The van der Waals surface area contributed by atoms with Crippen LogP contribution in [0.3, 0.4) is 0 Å². The van der Waals surface area contributed by atoms with Gasteiger partial charge in [0.1, 0.15) is 12.3 Å². The molecule has 0 aromatic heterocycles. The molecule has 2 aromatic rings. The molecule has 1 amide bonds. The molecule has 1 aliphatic rings. The van der Waals surface area contributed by atoms with Crippen LogP contribution in [0.2, 0.25) is 0 Å². The van der Waals surface area contributed by atoms with E-state index in [9.17, 15) is 4.79 Å². The van der Waals surface area contributed by atoms with Gasteiger partial charge < -0.3 is 24.4 Å². The largest absolute Gasteiger partial charge is 0.494 e. The number of carbonyl (C=O) groups is 1. The minimum Gasteiger partial charge on any atom is -0.494 e. The Bertz CT molecular complexity index is 761. The Hall–Kier alpha value is -2.73. The lowest BCUT2D eigenvalue weighted by Gasteiger charge is -2.21. The molecular formula is C20H25N2O4+. The number of hydrogen-bond acceptors (Lipinski definition) is 4. The first-order valence-corrected chi connectivity index (χ1v) is 8.81. The Morgan fingerprint density at radius 3 is 2.65 bits per heavy atom. The molecule has 2 atom stereocenters. The monoisotopic (exact) mass is 357 g/mol. The molecule has 26 heavy (non-hydrogen) atoms. The van der Waals surface area contributed by atoms with Crippen LogP contribution in [0.5, 0.6) is 17.2 Å². The Kier molecular flexibility index (Phi) is 5.63. The molecule has 2 N–H and O–H groups in total. The zero-order chi connectivity index (χ0) is 18.5. The summed E-state index contributed by atoms with van der Waals surface area (Å²) in [6.07, 6.45) is 0. The third-order valence-electron chi connectivity index (χ3n) is 4.49. The van der Waals surface area contributed by atoms with Gasteiger partial charge in [0.2, 0.25) is 6.79 Å². The third-order valence-corrected chi connectivity index (χ3v) is 4.49. The first-order chi connectivity index (χ1) is 12.6. The van der Waals surface area contributed by atoms with E-state index in [2.05, 4.69) is 5.32 Å². The van der Waals surface area contributed by atoms with Crippen LogP contribution in [-0.2, 0) is 11.3 Å². The molecule has 1 aliphatic heterocycles. The van der Waals surface area contributed by atoms with Crippen molar-refractivity contribution in [1.82, 2.24) is 0 Å². The number of benzene rings is 2. The molecule has 1 unspecified atom stereocenters. The standard InChI is InChI=1S/C20H24N2O4/c1-4-24-17-8-5-15(6-9-17)12-22(3)14(2)20(23)21-16-7-10-18-19(11-16)26-13-25-18/h5-11,14H,4,12-13H2,1-3H3,(H,21,23)/p+1/t14-/m0/s1. The van der Waals surface area contributed by atoms with Crippen molar-refractivity contribution >= 4 is 11.6 Å². The van der Waals surface area contributed by atoms with E-state index >= 15 is 0 Å². The maximum absolute atomic E-state index is 12.6. The maximum Gasteiger partial charge on any atom is 0.282 e. The molecule has 138 valence electrons. The molecule has 6 heteroatoms. The number of ether oxygens (including phenoxy) is 3. The zero-order valence-corrected chi connectivity index (χ0v) is 15.4. The van der Waals surface area contributed by atoms with Gasteiger partial charge in [-0.1, -0.05) is 0 Å². The van der Waals surface area contributed by atoms with Crippen LogP contribution in [0.4, 0.5) is 5.69 Å². The quantitative estimate of drug-likeness (QED) is 0.794. The fourth-order valence-corrected chi connectivity index (χ4v) is 2.79. The Morgan fingerprint density at radius 2 is 1.92 bits per heavy atom. The summed E-state index contributed by atoms with van der Waals surface area (Å²) >= 11 is 0. The van der Waals surface area contributed by atoms with Crippen molar-refractivity contribution in [1.29, 1.82) is 0 Å². The number of anilines is 1. The summed E-state index contributed by atoms with van der Waals surface area (Å²) in [5.74, 6) is 2.19. The lowest BCUT2D eigenvalue weighted by molar-refractivity contribution is -0.907. The predicted octanol–water partition coefficient (Wildman–Crippen LogP) is 1.86. The van der Waals surface area contributed by atoms with Crippen molar-refractivity contribution in [2.75, 3.05) is 25.8 Å². The van der Waals surface area contributed by atoms with Gasteiger partial charge in [-0.2, -0.15) is 0 Å². The number of carbonyl (C=O) groups excluding carboxylic acids is 1. The van der Waals surface area contributed by atoms with Gasteiger partial charge in [-0.05, 0) is 50.2 Å². The average Bonchev–Trinajstić information content (AvgIpc) is 3.10. The first-order valence-electron chi connectivity index (χ1n) is 8.81. The lowest BCUT2D eigenvalue weighted by Crippen LogP contribution is -3.12. The SMILES string of the molecule is CCOc1ccc(C[NH+](C)[C@@H](C)C(=O)Nc2ccc3c(c2)OCO3)cc1. The molecule has 3 rings (SSSR count). The fraction of sp³-hybridized carbons (Fsp3) is 0.350. The second kappa shape index (κ2) is 8.10. The third kappa shape index (κ3) is 4.26. The van der Waals surface area contributed by atoms with Crippen LogP contribution < -0.4 is 24.4 Å². The number of amides is 1. The maximum atomic E-state index is 12.6. The average molecular weight is 357 g/mol. The minimum atomic E-state index is -0.202. The summed E-state index contributed by atoms with van der Waals surface area (Å²) in [7, 11) is 2.01. The highest BCUT2D eigenvalue weighted by molar-refractivity contribution is 5.93. The number of nitrogens with one attached hydrogen (secondary N) is 2. The highest BCUT2D eigenvalue weighted by atomic mass is 16.7. The molecule has 0 fully saturated rings. The number of quaternary nitrogens is 1. The van der Waals surface area contributed by atoms with E-state index in [1.54, 1.807) is 12.1 Å². The molecule has 0 aliphatic carbocycles. The van der Waals surface area contributed by atoms with Gasteiger partial charge in [-0.25, -0.2) is 0 Å². The highest BCUT2D eigenvalue weighted by Gasteiger charge is 2.23. The Morgan fingerprint density at radius 1 is 1.19 bits per heavy atom. The molecule has 6 nitrogen and oxygen atoms in total. The zero-order valence-electron chi connectivity index (χ0n) is 15.4. The van der Waals surface area contributed by atoms with E-state index in [4.69, 9.17) is 14.2 Å². The van der Waals surface area contributed by atoms with E-state index < -0.39 is 0 Å². The van der Waals surface area contributed by atoms with Gasteiger partial charge in [-0.3, -0.25) is 4.79 Å². The Balaban J connectivity index is 1.57. The second-order valence-electron chi connectivity index (χ2n) is 6.38. The predicted molar refractivity (Wildman–Crippen MR) is 98.9 cm³/mol. The van der Waals surface area contributed by atoms with Crippen molar-refractivity contribution in [3.05, 3.63) is 48.0 Å². The van der Waals surface area contributed by atoms with Crippen molar-refractivity contribution < 1.29 is 23.9 Å². The molecule has 0 radical (unpaired) electrons. The first kappa shape index (κ1) is 18.1. The number of fused-ring (bicyclic) bond motifs is 1. The van der Waals surface area contributed by atoms with Crippen LogP contribution in [-0.4, -0.2) is 32.4 Å². The van der Waals surface area contributed by atoms with E-state index in [1.165, 1.54) is 0 Å². The number of rotatable bonds is 7. The van der Waals surface area contributed by atoms with Crippen molar-refractivity contribution in [3.8, 4) is 17.2 Å². The van der Waals surface area contributed by atoms with Gasteiger partial charge >= 0.3 is 0 Å². The summed E-state index contributed by atoms with van der Waals surface area (Å²) in [4.78, 5) is 13.7. The second-order valence-corrected chi connectivity index (χ2v) is 6.38.